The molecule has 0 aliphatic heterocycles. The van der Waals surface area contributed by atoms with E-state index in [-0.39, 0.29) is 10.8 Å². The fraction of sp³-hybridized carbons (Fsp3) is 0.500. The van der Waals surface area contributed by atoms with Crippen molar-refractivity contribution in [1.29, 1.82) is 0 Å². The van der Waals surface area contributed by atoms with Crippen LogP contribution in [0.5, 0.6) is 0 Å². The Hall–Kier alpha value is -0.770. The van der Waals surface area contributed by atoms with Crippen LogP contribution in [0, 0.1) is 6.92 Å². The molecule has 0 spiro atoms. The third-order valence-corrected chi connectivity index (χ3v) is 5.38. The van der Waals surface area contributed by atoms with E-state index in [4.69, 9.17) is 5.14 Å². The zero-order chi connectivity index (χ0) is 14.6. The summed E-state index contributed by atoms with van der Waals surface area (Å²) in [7, 11) is -4.67. The molecule has 6 nitrogen and oxygen atoms in total. The van der Waals surface area contributed by atoms with Gasteiger partial charge in [0, 0.05) is 34.2 Å². The molecule has 1 rings (SSSR count). The zero-order valence-electron chi connectivity index (χ0n) is 10.6. The molecule has 0 bridgehead atoms. The minimum absolute atomic E-state index is 0.0164. The second kappa shape index (κ2) is 6.60. The number of carbonyl (C=O) groups excluding carboxylic acids is 1. The molecule has 19 heavy (non-hydrogen) atoms. The molecule has 3 N–H and O–H groups in total. The van der Waals surface area contributed by atoms with Gasteiger partial charge in [-0.3, -0.25) is 9.00 Å². The van der Waals surface area contributed by atoms with Gasteiger partial charge in [-0.2, -0.15) is 0 Å². The average molecular weight is 324 g/mol. The molecular formula is C10H16N2O4S3. The van der Waals surface area contributed by atoms with Crippen LogP contribution in [-0.4, -0.2) is 37.1 Å². The van der Waals surface area contributed by atoms with E-state index in [0.717, 1.165) is 11.3 Å². The first kappa shape index (κ1) is 16.3. The van der Waals surface area contributed by atoms with Gasteiger partial charge < -0.3 is 5.32 Å². The quantitative estimate of drug-likeness (QED) is 0.729. The number of thiophene rings is 1. The Labute approximate surface area is 118 Å². The van der Waals surface area contributed by atoms with Gasteiger partial charge in [-0.25, -0.2) is 13.6 Å². The van der Waals surface area contributed by atoms with Crippen LogP contribution in [-0.2, 0) is 20.8 Å². The monoisotopic (exact) mass is 324 g/mol. The number of primary sulfonamides is 1. The minimum atomic E-state index is -3.79. The van der Waals surface area contributed by atoms with Gasteiger partial charge in [0.2, 0.25) is 10.0 Å². The number of hydrogen-bond donors (Lipinski definition) is 2. The number of carbonyl (C=O) groups is 1. The molecule has 0 radical (unpaired) electrons. The fourth-order valence-electron chi connectivity index (χ4n) is 1.42. The Morgan fingerprint density at radius 2 is 2.16 bits per heavy atom. The SMILES string of the molecule is Cc1sc(C(=O)NCCCS(C)=O)cc1S(N)(=O)=O. The highest BCUT2D eigenvalue weighted by molar-refractivity contribution is 7.89. The van der Waals surface area contributed by atoms with E-state index < -0.39 is 20.8 Å². The Morgan fingerprint density at radius 3 is 2.63 bits per heavy atom. The van der Waals surface area contributed by atoms with E-state index in [9.17, 15) is 17.4 Å². The van der Waals surface area contributed by atoms with Crippen molar-refractivity contribution < 1.29 is 17.4 Å². The molecule has 108 valence electrons. The zero-order valence-corrected chi connectivity index (χ0v) is 13.1. The molecule has 0 saturated heterocycles. The summed E-state index contributed by atoms with van der Waals surface area (Å²) in [4.78, 5) is 12.5. The lowest BCUT2D eigenvalue weighted by molar-refractivity contribution is 0.0957. The first-order valence-electron chi connectivity index (χ1n) is 5.43. The standard InChI is InChI=1S/C10H16N2O4S3/c1-7-9(19(11,15)16)6-8(17-7)10(13)12-4-3-5-18(2)14/h6H,3-5H2,1-2H3,(H,12,13)(H2,11,15,16). The number of rotatable bonds is 6. The summed E-state index contributed by atoms with van der Waals surface area (Å²) in [6, 6.07) is 1.28. The minimum Gasteiger partial charge on any atom is -0.351 e. The van der Waals surface area contributed by atoms with Crippen molar-refractivity contribution in [2.24, 2.45) is 5.14 Å². The number of nitrogens with two attached hydrogens (primary N) is 1. The first-order chi connectivity index (χ1) is 8.71. The summed E-state index contributed by atoms with van der Waals surface area (Å²) in [6.45, 7) is 2.00. The number of nitrogens with one attached hydrogen (secondary N) is 1. The maximum Gasteiger partial charge on any atom is 0.261 e. The third kappa shape index (κ3) is 5.01. The van der Waals surface area contributed by atoms with E-state index in [2.05, 4.69) is 5.32 Å². The van der Waals surface area contributed by atoms with Gasteiger partial charge in [-0.15, -0.1) is 11.3 Å². The molecule has 1 heterocycles. The number of amides is 1. The Kier molecular flexibility index (Phi) is 5.65. The first-order valence-corrected chi connectivity index (χ1v) is 9.52. The Morgan fingerprint density at radius 1 is 1.53 bits per heavy atom. The van der Waals surface area contributed by atoms with Crippen molar-refractivity contribution >= 4 is 38.1 Å². The summed E-state index contributed by atoms with van der Waals surface area (Å²) < 4.78 is 33.3. The molecule has 1 amide bonds. The number of hydrogen-bond acceptors (Lipinski definition) is 5. The summed E-state index contributed by atoms with van der Waals surface area (Å²) in [5, 5.41) is 7.69. The topological polar surface area (TPSA) is 106 Å². The van der Waals surface area contributed by atoms with Gasteiger partial charge in [-0.05, 0) is 19.4 Å². The maximum absolute atomic E-state index is 11.8. The molecule has 1 aromatic heterocycles. The lowest BCUT2D eigenvalue weighted by Gasteiger charge is -2.01. The molecular weight excluding hydrogens is 308 g/mol. The summed E-state index contributed by atoms with van der Waals surface area (Å²) in [5.74, 6) is 0.177. The molecule has 0 fully saturated rings. The van der Waals surface area contributed by atoms with Crippen molar-refractivity contribution in [1.82, 2.24) is 5.32 Å². The Bertz CT molecular complexity index is 592. The molecule has 1 atom stereocenters. The Balaban J connectivity index is 2.66. The molecule has 1 unspecified atom stereocenters. The van der Waals surface area contributed by atoms with Crippen molar-refractivity contribution in [2.75, 3.05) is 18.6 Å². The predicted octanol–water partition coefficient (Wildman–Crippen LogP) is 0.202. The van der Waals surface area contributed by atoms with Crippen LogP contribution in [0.25, 0.3) is 0 Å². The van der Waals surface area contributed by atoms with E-state index in [0.29, 0.717) is 28.5 Å². The van der Waals surface area contributed by atoms with Crippen molar-refractivity contribution in [2.45, 2.75) is 18.2 Å². The lowest BCUT2D eigenvalue weighted by Crippen LogP contribution is -2.24. The fourth-order valence-corrected chi connectivity index (χ4v) is 4.04. The van der Waals surface area contributed by atoms with E-state index in [1.54, 1.807) is 13.2 Å². The van der Waals surface area contributed by atoms with Crippen LogP contribution >= 0.6 is 11.3 Å². The highest BCUT2D eigenvalue weighted by Crippen LogP contribution is 2.24. The van der Waals surface area contributed by atoms with Gasteiger partial charge in [0.05, 0.1) is 9.77 Å². The lowest BCUT2D eigenvalue weighted by atomic mass is 10.4. The van der Waals surface area contributed by atoms with Gasteiger partial charge in [0.25, 0.3) is 5.91 Å². The molecule has 0 saturated carbocycles. The van der Waals surface area contributed by atoms with Crippen molar-refractivity contribution in [3.63, 3.8) is 0 Å². The molecule has 1 aromatic rings. The van der Waals surface area contributed by atoms with Crippen LogP contribution in [0.15, 0.2) is 11.0 Å². The van der Waals surface area contributed by atoms with E-state index >= 15 is 0 Å². The molecule has 0 aromatic carbocycles. The smallest absolute Gasteiger partial charge is 0.261 e. The highest BCUT2D eigenvalue weighted by atomic mass is 32.2. The highest BCUT2D eigenvalue weighted by Gasteiger charge is 2.18. The third-order valence-electron chi connectivity index (χ3n) is 2.30. The summed E-state index contributed by atoms with van der Waals surface area (Å²) >= 11 is 1.08. The van der Waals surface area contributed by atoms with Crippen LogP contribution in [0.1, 0.15) is 21.0 Å². The van der Waals surface area contributed by atoms with E-state index in [1.165, 1.54) is 6.07 Å². The van der Waals surface area contributed by atoms with Crippen LogP contribution < -0.4 is 10.5 Å². The van der Waals surface area contributed by atoms with E-state index in [1.807, 2.05) is 0 Å². The van der Waals surface area contributed by atoms with Crippen molar-refractivity contribution in [3.05, 3.63) is 15.8 Å². The maximum atomic E-state index is 11.8. The normalized spacial score (nSPS) is 13.2. The number of sulfonamides is 1. The average Bonchev–Trinajstić information content (AvgIpc) is 2.66. The molecule has 0 aliphatic carbocycles. The largest absolute Gasteiger partial charge is 0.351 e. The van der Waals surface area contributed by atoms with Gasteiger partial charge in [-0.1, -0.05) is 0 Å². The summed E-state index contributed by atoms with van der Waals surface area (Å²) in [5.41, 5.74) is 0. The van der Waals surface area contributed by atoms with Crippen LogP contribution in [0.2, 0.25) is 0 Å². The van der Waals surface area contributed by atoms with Gasteiger partial charge in [0.15, 0.2) is 0 Å². The van der Waals surface area contributed by atoms with Crippen LogP contribution in [0.4, 0.5) is 0 Å². The second-order valence-corrected chi connectivity index (χ2v) is 8.30. The van der Waals surface area contributed by atoms with Crippen LogP contribution in [0.3, 0.4) is 0 Å². The number of aryl methyl sites for hydroxylation is 1. The van der Waals surface area contributed by atoms with Gasteiger partial charge >= 0.3 is 0 Å². The molecule has 9 heteroatoms. The second-order valence-electron chi connectivity index (χ2n) is 3.96. The predicted molar refractivity (Wildman–Crippen MR) is 76.3 cm³/mol. The summed E-state index contributed by atoms with van der Waals surface area (Å²) in [6.07, 6.45) is 2.21. The molecule has 0 aliphatic rings. The van der Waals surface area contributed by atoms with Crippen molar-refractivity contribution in [3.8, 4) is 0 Å². The van der Waals surface area contributed by atoms with Gasteiger partial charge in [0.1, 0.15) is 0 Å².